The maximum atomic E-state index is 13.5. The van der Waals surface area contributed by atoms with E-state index in [9.17, 15) is 4.79 Å². The Balaban J connectivity index is 1.50. The van der Waals surface area contributed by atoms with Crippen LogP contribution >= 0.6 is 0 Å². The fourth-order valence-corrected chi connectivity index (χ4v) is 4.57. The van der Waals surface area contributed by atoms with Gasteiger partial charge in [0.25, 0.3) is 5.91 Å². The molecule has 1 spiro atoms. The van der Waals surface area contributed by atoms with Crippen LogP contribution in [-0.2, 0) is 11.3 Å². The summed E-state index contributed by atoms with van der Waals surface area (Å²) < 4.78 is 22.4. The van der Waals surface area contributed by atoms with Crippen molar-refractivity contribution < 1.29 is 23.7 Å². The van der Waals surface area contributed by atoms with Crippen LogP contribution in [0.2, 0.25) is 0 Å². The second-order valence-electron chi connectivity index (χ2n) is 7.93. The van der Waals surface area contributed by atoms with Crippen LogP contribution in [-0.4, -0.2) is 69.0 Å². The predicted molar refractivity (Wildman–Crippen MR) is 117 cm³/mol. The van der Waals surface area contributed by atoms with Gasteiger partial charge >= 0.3 is 0 Å². The summed E-state index contributed by atoms with van der Waals surface area (Å²) >= 11 is 0. The summed E-state index contributed by atoms with van der Waals surface area (Å²) in [6, 6.07) is 13.9. The van der Waals surface area contributed by atoms with Gasteiger partial charge in [-0.05, 0) is 17.7 Å². The van der Waals surface area contributed by atoms with Gasteiger partial charge in [-0.15, -0.1) is 0 Å². The Morgan fingerprint density at radius 1 is 0.968 bits per heavy atom. The summed E-state index contributed by atoms with van der Waals surface area (Å²) in [5.74, 6) is 1.34. The van der Waals surface area contributed by atoms with E-state index in [1.165, 1.54) is 5.56 Å². The van der Waals surface area contributed by atoms with E-state index in [1.807, 2.05) is 11.0 Å². The van der Waals surface area contributed by atoms with Gasteiger partial charge in [-0.1, -0.05) is 30.3 Å². The molecule has 2 aromatic carbocycles. The van der Waals surface area contributed by atoms with Gasteiger partial charge in [0, 0.05) is 44.6 Å². The van der Waals surface area contributed by atoms with Crippen molar-refractivity contribution in [2.45, 2.75) is 25.1 Å². The second kappa shape index (κ2) is 9.16. The Morgan fingerprint density at radius 2 is 1.61 bits per heavy atom. The summed E-state index contributed by atoms with van der Waals surface area (Å²) in [4.78, 5) is 17.8. The van der Waals surface area contributed by atoms with Gasteiger partial charge in [0.15, 0.2) is 11.5 Å². The number of carbonyl (C=O) groups excluding carboxylic acids is 1. The lowest BCUT2D eigenvalue weighted by Crippen LogP contribution is -2.54. The van der Waals surface area contributed by atoms with Crippen LogP contribution in [0.3, 0.4) is 0 Å². The normalized spacial score (nSPS) is 18.2. The molecule has 2 saturated heterocycles. The molecule has 0 unspecified atom stereocenters. The molecule has 2 heterocycles. The largest absolute Gasteiger partial charge is 0.493 e. The van der Waals surface area contributed by atoms with E-state index in [1.54, 1.807) is 33.5 Å². The van der Waals surface area contributed by atoms with E-state index in [-0.39, 0.29) is 5.91 Å². The second-order valence-corrected chi connectivity index (χ2v) is 7.93. The van der Waals surface area contributed by atoms with E-state index in [2.05, 4.69) is 29.2 Å². The molecule has 2 aromatic rings. The first-order chi connectivity index (χ1) is 15.1. The van der Waals surface area contributed by atoms with Crippen molar-refractivity contribution in [2.75, 3.05) is 47.6 Å². The molecule has 2 fully saturated rings. The minimum atomic E-state index is -0.551. The number of hydrogen-bond donors (Lipinski definition) is 0. The predicted octanol–water partition coefficient (Wildman–Crippen LogP) is 3.18. The molecule has 0 atom stereocenters. The standard InChI is InChI=1S/C24H30N2O5/c1-28-20-15-19(16-21(29-2)22(20)30-3)23(27)26-13-14-31-24(26)9-11-25(12-10-24)17-18-7-5-4-6-8-18/h4-8,15-16H,9-14,17H2,1-3H3. The van der Waals surface area contributed by atoms with Crippen molar-refractivity contribution >= 4 is 5.91 Å². The molecule has 0 aliphatic carbocycles. The number of hydrogen-bond acceptors (Lipinski definition) is 6. The number of nitrogens with zero attached hydrogens (tertiary/aromatic N) is 2. The third-order valence-corrected chi connectivity index (χ3v) is 6.22. The smallest absolute Gasteiger partial charge is 0.256 e. The molecule has 0 aromatic heterocycles. The topological polar surface area (TPSA) is 60.5 Å². The average molecular weight is 427 g/mol. The summed E-state index contributed by atoms with van der Waals surface area (Å²) in [7, 11) is 4.65. The lowest BCUT2D eigenvalue weighted by molar-refractivity contribution is -0.106. The van der Waals surface area contributed by atoms with Crippen molar-refractivity contribution in [3.8, 4) is 17.2 Å². The highest BCUT2D eigenvalue weighted by atomic mass is 16.5. The fraction of sp³-hybridized carbons (Fsp3) is 0.458. The van der Waals surface area contributed by atoms with Crippen LogP contribution in [0, 0.1) is 0 Å². The highest BCUT2D eigenvalue weighted by Gasteiger charge is 2.47. The molecule has 1 amide bonds. The minimum Gasteiger partial charge on any atom is -0.493 e. The summed E-state index contributed by atoms with van der Waals surface area (Å²) in [5, 5.41) is 0. The maximum absolute atomic E-state index is 13.5. The molecule has 7 nitrogen and oxygen atoms in total. The molecule has 0 saturated carbocycles. The summed E-state index contributed by atoms with van der Waals surface area (Å²) in [5.41, 5.74) is 1.26. The molecule has 166 valence electrons. The molecule has 31 heavy (non-hydrogen) atoms. The van der Waals surface area contributed by atoms with Crippen molar-refractivity contribution in [3.05, 3.63) is 53.6 Å². The van der Waals surface area contributed by atoms with Gasteiger partial charge < -0.3 is 23.8 Å². The van der Waals surface area contributed by atoms with E-state index < -0.39 is 5.72 Å². The molecule has 2 aliphatic heterocycles. The van der Waals surface area contributed by atoms with Crippen molar-refractivity contribution in [3.63, 3.8) is 0 Å². The Hall–Kier alpha value is -2.77. The highest BCUT2D eigenvalue weighted by molar-refractivity contribution is 5.96. The van der Waals surface area contributed by atoms with Crippen LogP contribution in [0.25, 0.3) is 0 Å². The first-order valence-corrected chi connectivity index (χ1v) is 10.6. The molecule has 7 heteroatoms. The Labute approximate surface area is 183 Å². The summed E-state index contributed by atoms with van der Waals surface area (Å²) in [6.45, 7) is 3.81. The Kier molecular flexibility index (Phi) is 6.34. The Bertz CT molecular complexity index is 884. The van der Waals surface area contributed by atoms with Crippen LogP contribution in [0.15, 0.2) is 42.5 Å². The van der Waals surface area contributed by atoms with Gasteiger partial charge in [-0.25, -0.2) is 0 Å². The van der Waals surface area contributed by atoms with Gasteiger partial charge in [-0.2, -0.15) is 0 Å². The monoisotopic (exact) mass is 426 g/mol. The van der Waals surface area contributed by atoms with Crippen molar-refractivity contribution in [1.29, 1.82) is 0 Å². The molecular formula is C24H30N2O5. The fourth-order valence-electron chi connectivity index (χ4n) is 4.57. The first kappa shape index (κ1) is 21.5. The number of rotatable bonds is 6. The van der Waals surface area contributed by atoms with Gasteiger partial charge in [-0.3, -0.25) is 9.69 Å². The number of likely N-dealkylation sites (tertiary alicyclic amines) is 1. The number of methoxy groups -OCH3 is 3. The SMILES string of the molecule is COc1cc(C(=O)N2CCOC23CCN(Cc2ccccc2)CC3)cc(OC)c1OC. The third kappa shape index (κ3) is 4.20. The Morgan fingerprint density at radius 3 is 2.19 bits per heavy atom. The molecule has 0 N–H and O–H groups in total. The number of carbonyl (C=O) groups is 1. The van der Waals surface area contributed by atoms with E-state index in [4.69, 9.17) is 18.9 Å². The first-order valence-electron chi connectivity index (χ1n) is 10.6. The number of amides is 1. The zero-order chi connectivity index (χ0) is 21.8. The zero-order valence-corrected chi connectivity index (χ0v) is 18.4. The van der Waals surface area contributed by atoms with Crippen LogP contribution in [0.4, 0.5) is 0 Å². The maximum Gasteiger partial charge on any atom is 0.256 e. The van der Waals surface area contributed by atoms with E-state index >= 15 is 0 Å². The van der Waals surface area contributed by atoms with E-state index in [0.717, 1.165) is 32.5 Å². The third-order valence-electron chi connectivity index (χ3n) is 6.22. The zero-order valence-electron chi connectivity index (χ0n) is 18.4. The lowest BCUT2D eigenvalue weighted by Gasteiger charge is -2.43. The lowest BCUT2D eigenvalue weighted by atomic mass is 9.97. The van der Waals surface area contributed by atoms with E-state index in [0.29, 0.717) is 36.0 Å². The number of ether oxygens (including phenoxy) is 4. The minimum absolute atomic E-state index is 0.0757. The van der Waals surface area contributed by atoms with Crippen LogP contribution in [0.5, 0.6) is 17.2 Å². The van der Waals surface area contributed by atoms with Gasteiger partial charge in [0.1, 0.15) is 5.72 Å². The molecular weight excluding hydrogens is 396 g/mol. The number of piperidine rings is 1. The van der Waals surface area contributed by atoms with Crippen molar-refractivity contribution in [2.24, 2.45) is 0 Å². The highest BCUT2D eigenvalue weighted by Crippen LogP contribution is 2.40. The molecule has 0 bridgehead atoms. The molecule has 2 aliphatic rings. The van der Waals surface area contributed by atoms with Gasteiger partial charge in [0.2, 0.25) is 5.75 Å². The number of benzene rings is 2. The van der Waals surface area contributed by atoms with Gasteiger partial charge in [0.05, 0.1) is 27.9 Å². The quantitative estimate of drug-likeness (QED) is 0.707. The molecule has 0 radical (unpaired) electrons. The van der Waals surface area contributed by atoms with Crippen molar-refractivity contribution in [1.82, 2.24) is 9.80 Å². The molecule has 4 rings (SSSR count). The van der Waals surface area contributed by atoms with Crippen LogP contribution < -0.4 is 14.2 Å². The average Bonchev–Trinajstić information content (AvgIpc) is 3.22. The summed E-state index contributed by atoms with van der Waals surface area (Å²) in [6.07, 6.45) is 1.58. The van der Waals surface area contributed by atoms with Crippen LogP contribution in [0.1, 0.15) is 28.8 Å².